The second kappa shape index (κ2) is 15.8. The molecule has 10 atom stereocenters. The highest BCUT2D eigenvalue weighted by Crippen LogP contribution is 2.56. The normalized spacial score (nSPS) is 29.8. The number of halogens is 1. The van der Waals surface area contributed by atoms with Gasteiger partial charge in [0.1, 0.15) is 18.0 Å². The van der Waals surface area contributed by atoms with E-state index in [0.29, 0.717) is 17.9 Å². The molecule has 0 spiro atoms. The quantitative estimate of drug-likeness (QED) is 0.0892. The maximum absolute atomic E-state index is 13.8. The molecule has 2 unspecified atom stereocenters. The highest BCUT2D eigenvalue weighted by atomic mass is 19.1. The molecule has 2 aliphatic heterocycles. The summed E-state index contributed by atoms with van der Waals surface area (Å²) in [6.45, 7) is 12.6. The monoisotopic (exact) mass is 708 g/mol. The molecule has 15 heteroatoms. The predicted molar refractivity (Wildman–Crippen MR) is 171 cm³/mol. The lowest BCUT2D eigenvalue weighted by Crippen LogP contribution is -2.78. The summed E-state index contributed by atoms with van der Waals surface area (Å²) < 4.78 is 35.7. The number of carboxylic acid groups (broad SMARTS) is 3. The summed E-state index contributed by atoms with van der Waals surface area (Å²) in [6.07, 6.45) is -5.52. The van der Waals surface area contributed by atoms with E-state index in [1.54, 1.807) is 13.0 Å². The van der Waals surface area contributed by atoms with Crippen molar-refractivity contribution in [3.63, 3.8) is 0 Å². The Morgan fingerprint density at radius 2 is 1.76 bits per heavy atom. The lowest BCUT2D eigenvalue weighted by atomic mass is 9.74. The smallest absolute Gasteiger partial charge is 0.344 e. The standard InChI is InChI=1S/C35H45FO14/c1-7-18(2)15-19(3)11-12-25(38)48-28-27(39)33(49-29(30(40)41)34(46,31(42)43)35(28,50-33)32(44)45)14-13-20(4)26(47-22(6)37)21(5)16-23-9-8-10-24(36)17-23/h8-12,17-19,21,26-29,39,46H,4,7,13-16H2,1-3,5-6H3,(H,40,41)(H,42,43)(H,44,45)/b12-11+/t18?,19?,21-,26-,27-,28-,29-,33-,34-,35-/m1/s1. The highest BCUT2D eigenvalue weighted by Gasteiger charge is 2.85. The number of hydrogen-bond donors (Lipinski definition) is 5. The zero-order chi connectivity index (χ0) is 37.8. The molecule has 50 heavy (non-hydrogen) atoms. The van der Waals surface area contributed by atoms with Crippen molar-refractivity contribution >= 4 is 29.8 Å². The van der Waals surface area contributed by atoms with E-state index >= 15 is 0 Å². The number of carboxylic acids is 3. The molecule has 5 N–H and O–H groups in total. The van der Waals surface area contributed by atoms with Crippen LogP contribution >= 0.6 is 0 Å². The van der Waals surface area contributed by atoms with Crippen molar-refractivity contribution in [2.45, 2.75) is 108 Å². The lowest BCUT2D eigenvalue weighted by Gasteiger charge is -2.48. The molecule has 1 aromatic rings. The molecule has 0 aliphatic carbocycles. The van der Waals surface area contributed by atoms with Gasteiger partial charge >= 0.3 is 29.8 Å². The molecule has 276 valence electrons. The van der Waals surface area contributed by atoms with E-state index in [2.05, 4.69) is 6.58 Å². The molecule has 2 bridgehead atoms. The Bertz CT molecular complexity index is 1510. The van der Waals surface area contributed by atoms with Crippen LogP contribution in [-0.2, 0) is 49.3 Å². The zero-order valence-corrected chi connectivity index (χ0v) is 28.5. The van der Waals surface area contributed by atoms with E-state index in [0.717, 1.165) is 19.4 Å². The third kappa shape index (κ3) is 7.90. The van der Waals surface area contributed by atoms with Crippen LogP contribution < -0.4 is 0 Å². The van der Waals surface area contributed by atoms with Gasteiger partial charge < -0.3 is 44.5 Å². The number of allylic oxidation sites excluding steroid dienone is 1. The summed E-state index contributed by atoms with van der Waals surface area (Å²) in [5.74, 6) is -12.3. The molecule has 0 radical (unpaired) electrons. The number of hydrogen-bond acceptors (Lipinski definition) is 11. The first-order valence-electron chi connectivity index (χ1n) is 16.2. The van der Waals surface area contributed by atoms with E-state index in [1.807, 2.05) is 20.8 Å². The molecule has 0 aromatic heterocycles. The molecule has 0 amide bonds. The van der Waals surface area contributed by atoms with Gasteiger partial charge in [0.25, 0.3) is 0 Å². The van der Waals surface area contributed by atoms with Crippen LogP contribution in [0, 0.1) is 23.6 Å². The van der Waals surface area contributed by atoms with Crippen LogP contribution in [0.4, 0.5) is 4.39 Å². The number of carbonyl (C=O) groups excluding carboxylic acids is 2. The Labute approximate surface area is 288 Å². The highest BCUT2D eigenvalue weighted by molar-refractivity contribution is 5.98. The summed E-state index contributed by atoms with van der Waals surface area (Å²) in [6, 6.07) is 5.72. The van der Waals surface area contributed by atoms with Crippen LogP contribution in [0.3, 0.4) is 0 Å². The van der Waals surface area contributed by atoms with Gasteiger partial charge in [-0.05, 0) is 54.4 Å². The van der Waals surface area contributed by atoms with Gasteiger partial charge in [-0.2, -0.15) is 0 Å². The Balaban J connectivity index is 2.02. The van der Waals surface area contributed by atoms with Gasteiger partial charge in [0, 0.05) is 25.3 Å². The lowest BCUT2D eigenvalue weighted by molar-refractivity contribution is -0.374. The van der Waals surface area contributed by atoms with E-state index in [-0.39, 0.29) is 24.3 Å². The van der Waals surface area contributed by atoms with Crippen molar-refractivity contribution in [2.24, 2.45) is 17.8 Å². The second-order valence-electron chi connectivity index (χ2n) is 13.2. The fraction of sp³-hybridized carbons (Fsp3) is 0.571. The van der Waals surface area contributed by atoms with Gasteiger partial charge in [-0.1, -0.05) is 58.9 Å². The summed E-state index contributed by atoms with van der Waals surface area (Å²) in [7, 11) is 0. The third-order valence-electron chi connectivity index (χ3n) is 9.33. The Kier molecular flexibility index (Phi) is 12.7. The Morgan fingerprint density at radius 1 is 1.10 bits per heavy atom. The van der Waals surface area contributed by atoms with Gasteiger partial charge in [0.15, 0.2) is 6.10 Å². The summed E-state index contributed by atoms with van der Waals surface area (Å²) >= 11 is 0. The number of esters is 2. The molecular formula is C35H45FO14. The van der Waals surface area contributed by atoms with Crippen LogP contribution in [0.25, 0.3) is 0 Å². The van der Waals surface area contributed by atoms with E-state index in [4.69, 9.17) is 18.9 Å². The van der Waals surface area contributed by atoms with Crippen LogP contribution in [0.15, 0.2) is 48.6 Å². The molecule has 1 aromatic carbocycles. The molecule has 3 rings (SSSR count). The van der Waals surface area contributed by atoms with Crippen LogP contribution in [0.1, 0.15) is 65.9 Å². The number of aliphatic carboxylic acids is 3. The number of fused-ring (bicyclic) bond motifs is 2. The molecule has 2 aliphatic rings. The van der Waals surface area contributed by atoms with Crippen molar-refractivity contribution < 1.29 is 72.8 Å². The fourth-order valence-electron chi connectivity index (χ4n) is 6.63. The summed E-state index contributed by atoms with van der Waals surface area (Å²) in [5.41, 5.74) is -6.79. The van der Waals surface area contributed by atoms with Crippen molar-refractivity contribution in [3.05, 3.63) is 60.0 Å². The summed E-state index contributed by atoms with van der Waals surface area (Å²) in [5, 5.41) is 53.5. The number of carbonyl (C=O) groups is 5. The van der Waals surface area contributed by atoms with E-state index in [1.165, 1.54) is 24.3 Å². The predicted octanol–water partition coefficient (Wildman–Crippen LogP) is 3.02. The first-order chi connectivity index (χ1) is 23.2. The van der Waals surface area contributed by atoms with Gasteiger partial charge in [-0.25, -0.2) is 23.6 Å². The van der Waals surface area contributed by atoms with Gasteiger partial charge in [0.2, 0.25) is 23.1 Å². The number of aliphatic hydroxyl groups excluding tert-OH is 1. The molecule has 2 heterocycles. The number of rotatable bonds is 17. The summed E-state index contributed by atoms with van der Waals surface area (Å²) in [4.78, 5) is 62.9. The third-order valence-corrected chi connectivity index (χ3v) is 9.33. The SMILES string of the molecule is C=C(CC[C@@]12O[C@H](C(=O)O)[C@@](O)(C(=O)O)[C@@](C(=O)O)(O1)[C@H](OC(=O)/C=C/C(C)CC(C)CC)[C@H]2O)[C@@H](OC(C)=O)[C@H](C)Cc1cccc(F)c1. The molecule has 2 fully saturated rings. The molecule has 14 nitrogen and oxygen atoms in total. The van der Waals surface area contributed by atoms with Crippen LogP contribution in [-0.4, -0.2) is 96.8 Å². The minimum Gasteiger partial charge on any atom is -0.479 e. The first kappa shape index (κ1) is 40.3. The van der Waals surface area contributed by atoms with Crippen LogP contribution in [0.5, 0.6) is 0 Å². The first-order valence-corrected chi connectivity index (χ1v) is 16.2. The molecule has 2 saturated heterocycles. The van der Waals surface area contributed by atoms with E-state index < -0.39 is 89.4 Å². The zero-order valence-electron chi connectivity index (χ0n) is 28.5. The average molecular weight is 709 g/mol. The number of aliphatic hydroxyl groups is 2. The molecule has 0 saturated carbocycles. The Morgan fingerprint density at radius 3 is 2.30 bits per heavy atom. The van der Waals surface area contributed by atoms with E-state index in [9.17, 15) is 53.9 Å². The van der Waals surface area contributed by atoms with Gasteiger partial charge in [0.05, 0.1) is 0 Å². The Hall–Kier alpha value is -4.18. The number of benzene rings is 1. The maximum atomic E-state index is 13.8. The van der Waals surface area contributed by atoms with Crippen molar-refractivity contribution in [3.8, 4) is 0 Å². The topological polar surface area (TPSA) is 223 Å². The van der Waals surface area contributed by atoms with Gasteiger partial charge in [-0.3, -0.25) is 4.79 Å². The van der Waals surface area contributed by atoms with Crippen molar-refractivity contribution in [2.75, 3.05) is 0 Å². The van der Waals surface area contributed by atoms with Crippen LogP contribution in [0.2, 0.25) is 0 Å². The fourth-order valence-corrected chi connectivity index (χ4v) is 6.63. The van der Waals surface area contributed by atoms with Gasteiger partial charge in [-0.15, -0.1) is 0 Å². The largest absolute Gasteiger partial charge is 0.479 e. The maximum Gasteiger partial charge on any atom is 0.344 e. The van der Waals surface area contributed by atoms with Crippen molar-refractivity contribution in [1.29, 1.82) is 0 Å². The second-order valence-corrected chi connectivity index (χ2v) is 13.2. The molecular weight excluding hydrogens is 663 g/mol. The average Bonchev–Trinajstić information content (AvgIpc) is 3.24. The minimum absolute atomic E-state index is 0.142. The minimum atomic E-state index is -3.93. The number of ether oxygens (including phenoxy) is 4. The van der Waals surface area contributed by atoms with Crippen molar-refractivity contribution in [1.82, 2.24) is 0 Å².